The molecule has 4 heteroatoms. The number of methoxy groups -OCH3 is 1. The molecule has 0 saturated carbocycles. The highest BCUT2D eigenvalue weighted by molar-refractivity contribution is 5.20. The molecule has 0 N–H and O–H groups in total. The van der Waals surface area contributed by atoms with E-state index in [1.807, 2.05) is 0 Å². The molecule has 0 aromatic carbocycles. The van der Waals surface area contributed by atoms with Crippen molar-refractivity contribution in [3.8, 4) is 0 Å². The molecule has 0 bridgehead atoms. The number of ether oxygens (including phenoxy) is 1. The maximum atomic E-state index is 13.3. The molecule has 2 nitrogen and oxygen atoms in total. The highest BCUT2D eigenvalue weighted by Crippen LogP contribution is 2.15. The minimum atomic E-state index is -0.656. The van der Waals surface area contributed by atoms with E-state index in [-0.39, 0.29) is 17.9 Å². The molecule has 0 atom stereocenters. The molecule has 0 spiro atoms. The smallest absolute Gasteiger partial charge is 0.153 e. The number of halogens is 2. The molecule has 0 fully saturated rings. The van der Waals surface area contributed by atoms with Gasteiger partial charge in [0.15, 0.2) is 5.82 Å². The van der Waals surface area contributed by atoms with Crippen molar-refractivity contribution in [1.82, 2.24) is 4.98 Å². The van der Waals surface area contributed by atoms with E-state index < -0.39 is 11.6 Å². The first-order valence-corrected chi connectivity index (χ1v) is 4.01. The van der Waals surface area contributed by atoms with Crippen molar-refractivity contribution in [2.24, 2.45) is 0 Å². The molecular formula is C9H11F2NO. The molecule has 1 aromatic heterocycles. The Kier molecular flexibility index (Phi) is 3.31. The number of pyridine rings is 1. The van der Waals surface area contributed by atoms with Crippen molar-refractivity contribution in [2.75, 3.05) is 7.11 Å². The van der Waals surface area contributed by atoms with E-state index in [0.29, 0.717) is 6.42 Å². The van der Waals surface area contributed by atoms with E-state index >= 15 is 0 Å². The van der Waals surface area contributed by atoms with Crippen LogP contribution in [0, 0.1) is 11.6 Å². The van der Waals surface area contributed by atoms with Gasteiger partial charge in [-0.25, -0.2) is 8.78 Å². The molecule has 0 saturated heterocycles. The van der Waals surface area contributed by atoms with Crippen molar-refractivity contribution in [3.05, 3.63) is 29.1 Å². The third kappa shape index (κ3) is 2.01. The van der Waals surface area contributed by atoms with E-state index in [2.05, 4.69) is 9.72 Å². The Morgan fingerprint density at radius 2 is 2.15 bits per heavy atom. The molecule has 72 valence electrons. The lowest BCUT2D eigenvalue weighted by Gasteiger charge is -2.06. The quantitative estimate of drug-likeness (QED) is 0.722. The van der Waals surface area contributed by atoms with Gasteiger partial charge in [-0.1, -0.05) is 6.92 Å². The summed E-state index contributed by atoms with van der Waals surface area (Å²) in [5.41, 5.74) is 0.225. The molecular weight excluding hydrogens is 176 g/mol. The van der Waals surface area contributed by atoms with Crippen LogP contribution in [0.1, 0.15) is 18.2 Å². The Bertz CT molecular complexity index is 302. The van der Waals surface area contributed by atoms with Crippen molar-refractivity contribution in [3.63, 3.8) is 0 Å². The monoisotopic (exact) mass is 187 g/mol. The predicted octanol–water partition coefficient (Wildman–Crippen LogP) is 2.07. The number of nitrogens with zero attached hydrogens (tertiary/aromatic N) is 1. The van der Waals surface area contributed by atoms with Crippen molar-refractivity contribution < 1.29 is 13.5 Å². The molecule has 0 aliphatic carbocycles. The maximum Gasteiger partial charge on any atom is 0.153 e. The minimum absolute atomic E-state index is 0.0469. The number of hydrogen-bond donors (Lipinski definition) is 0. The fourth-order valence-corrected chi connectivity index (χ4v) is 1.07. The second kappa shape index (κ2) is 4.28. The first-order valence-electron chi connectivity index (χ1n) is 4.01. The zero-order valence-corrected chi connectivity index (χ0v) is 7.60. The predicted molar refractivity (Wildman–Crippen MR) is 44.2 cm³/mol. The largest absolute Gasteiger partial charge is 0.380 e. The van der Waals surface area contributed by atoms with Gasteiger partial charge in [0.2, 0.25) is 0 Å². The van der Waals surface area contributed by atoms with Gasteiger partial charge < -0.3 is 4.74 Å². The number of aryl methyl sites for hydroxylation is 1. The highest BCUT2D eigenvalue weighted by atomic mass is 19.1. The summed E-state index contributed by atoms with van der Waals surface area (Å²) in [5, 5.41) is 0. The lowest BCUT2D eigenvalue weighted by atomic mass is 10.2. The minimum Gasteiger partial charge on any atom is -0.380 e. The fraction of sp³-hybridized carbons (Fsp3) is 0.444. The topological polar surface area (TPSA) is 22.1 Å². The third-order valence-corrected chi connectivity index (χ3v) is 1.76. The third-order valence-electron chi connectivity index (χ3n) is 1.76. The lowest BCUT2D eigenvalue weighted by molar-refractivity contribution is 0.177. The van der Waals surface area contributed by atoms with Crippen LogP contribution >= 0.6 is 0 Å². The molecule has 0 aliphatic heterocycles. The Morgan fingerprint density at radius 3 is 2.69 bits per heavy atom. The molecule has 1 aromatic rings. The second-order valence-corrected chi connectivity index (χ2v) is 2.63. The lowest BCUT2D eigenvalue weighted by Crippen LogP contribution is -2.03. The van der Waals surface area contributed by atoms with Crippen LogP contribution in [-0.4, -0.2) is 12.1 Å². The normalized spacial score (nSPS) is 10.5. The summed E-state index contributed by atoms with van der Waals surface area (Å²) in [6.45, 7) is 1.70. The Morgan fingerprint density at radius 1 is 1.46 bits per heavy atom. The molecule has 0 amide bonds. The number of rotatable bonds is 3. The summed E-state index contributed by atoms with van der Waals surface area (Å²) in [4.78, 5) is 3.63. The summed E-state index contributed by atoms with van der Waals surface area (Å²) >= 11 is 0. The van der Waals surface area contributed by atoms with Gasteiger partial charge in [-0.2, -0.15) is 0 Å². The Labute approximate surface area is 75.6 Å². The highest BCUT2D eigenvalue weighted by Gasteiger charge is 2.13. The summed E-state index contributed by atoms with van der Waals surface area (Å²) < 4.78 is 31.0. The van der Waals surface area contributed by atoms with Crippen LogP contribution in [0.15, 0.2) is 6.20 Å². The molecule has 1 heterocycles. The van der Waals surface area contributed by atoms with Crippen molar-refractivity contribution in [2.45, 2.75) is 20.0 Å². The van der Waals surface area contributed by atoms with Crippen molar-refractivity contribution in [1.29, 1.82) is 0 Å². The molecule has 0 radical (unpaired) electrons. The molecule has 1 rings (SSSR count). The van der Waals surface area contributed by atoms with Crippen LogP contribution < -0.4 is 0 Å². The summed E-state index contributed by atoms with van der Waals surface area (Å²) in [7, 11) is 1.39. The van der Waals surface area contributed by atoms with E-state index in [4.69, 9.17) is 0 Å². The van der Waals surface area contributed by atoms with Gasteiger partial charge in [0.25, 0.3) is 0 Å². The first kappa shape index (κ1) is 10.1. The van der Waals surface area contributed by atoms with E-state index in [0.717, 1.165) is 6.20 Å². The zero-order valence-electron chi connectivity index (χ0n) is 7.60. The van der Waals surface area contributed by atoms with Crippen LogP contribution in [0.3, 0.4) is 0 Å². The Balaban J connectivity index is 3.13. The van der Waals surface area contributed by atoms with Gasteiger partial charge in [0.1, 0.15) is 5.82 Å². The fourth-order valence-electron chi connectivity index (χ4n) is 1.07. The van der Waals surface area contributed by atoms with Gasteiger partial charge in [-0.3, -0.25) is 4.98 Å². The van der Waals surface area contributed by atoms with Gasteiger partial charge in [0, 0.05) is 7.11 Å². The average molecular weight is 187 g/mol. The van der Waals surface area contributed by atoms with Crippen LogP contribution in [0.25, 0.3) is 0 Å². The van der Waals surface area contributed by atoms with Crippen LogP contribution in [0.5, 0.6) is 0 Å². The Hall–Kier alpha value is -1.03. The number of aromatic nitrogens is 1. The first-order chi connectivity index (χ1) is 6.20. The van der Waals surface area contributed by atoms with Gasteiger partial charge >= 0.3 is 0 Å². The second-order valence-electron chi connectivity index (χ2n) is 2.63. The van der Waals surface area contributed by atoms with Crippen LogP contribution in [0.2, 0.25) is 0 Å². The number of hydrogen-bond acceptors (Lipinski definition) is 2. The molecule has 0 aliphatic rings. The standard InChI is InChI=1S/C9H11F2NO/c1-3-8-9(11)6(5-13-2)7(10)4-12-8/h4H,3,5H2,1-2H3. The van der Waals surface area contributed by atoms with Gasteiger partial charge in [0.05, 0.1) is 24.1 Å². The maximum absolute atomic E-state index is 13.3. The van der Waals surface area contributed by atoms with Gasteiger partial charge in [-0.05, 0) is 6.42 Å². The van der Waals surface area contributed by atoms with Crippen molar-refractivity contribution >= 4 is 0 Å². The van der Waals surface area contributed by atoms with Crippen LogP contribution in [0.4, 0.5) is 8.78 Å². The summed E-state index contributed by atoms with van der Waals surface area (Å²) in [6.07, 6.45) is 1.47. The summed E-state index contributed by atoms with van der Waals surface area (Å²) in [6, 6.07) is 0. The van der Waals surface area contributed by atoms with E-state index in [1.54, 1.807) is 6.92 Å². The SMILES string of the molecule is CCc1ncc(F)c(COC)c1F. The molecule has 13 heavy (non-hydrogen) atoms. The average Bonchev–Trinajstić information content (AvgIpc) is 2.12. The van der Waals surface area contributed by atoms with Gasteiger partial charge in [-0.15, -0.1) is 0 Å². The van der Waals surface area contributed by atoms with E-state index in [9.17, 15) is 8.78 Å². The summed E-state index contributed by atoms with van der Waals surface area (Å²) in [5.74, 6) is -1.25. The van der Waals surface area contributed by atoms with Crippen LogP contribution in [-0.2, 0) is 17.8 Å². The van der Waals surface area contributed by atoms with E-state index in [1.165, 1.54) is 7.11 Å². The zero-order chi connectivity index (χ0) is 9.84. The molecule has 0 unspecified atom stereocenters.